The maximum Gasteiger partial charge on any atom is 0.305 e. The normalized spacial score (nSPS) is 19.1. The standard InChI is InChI=1S/C15H21FN2O2/c16-14-12(7-6-8-13(14)18(19)20)11-15(17)9-4-2-1-3-5-10-15/h6-8H,1-5,9-11,17H2. The van der Waals surface area contributed by atoms with Crippen molar-refractivity contribution in [1.82, 2.24) is 0 Å². The highest BCUT2D eigenvalue weighted by Gasteiger charge is 2.28. The average Bonchev–Trinajstić information content (AvgIpc) is 2.37. The van der Waals surface area contributed by atoms with Gasteiger partial charge in [0.05, 0.1) is 4.92 Å². The van der Waals surface area contributed by atoms with Crippen molar-refractivity contribution < 1.29 is 9.31 Å². The number of nitro groups is 1. The van der Waals surface area contributed by atoms with E-state index in [2.05, 4.69) is 0 Å². The maximum absolute atomic E-state index is 14.1. The number of rotatable bonds is 3. The summed E-state index contributed by atoms with van der Waals surface area (Å²) in [5.41, 5.74) is 5.89. The zero-order valence-electron chi connectivity index (χ0n) is 11.6. The van der Waals surface area contributed by atoms with Crippen LogP contribution in [0.3, 0.4) is 0 Å². The maximum atomic E-state index is 14.1. The molecule has 1 aliphatic carbocycles. The van der Waals surface area contributed by atoms with E-state index < -0.39 is 22.0 Å². The Hall–Kier alpha value is -1.49. The second kappa shape index (κ2) is 6.31. The van der Waals surface area contributed by atoms with Crippen LogP contribution >= 0.6 is 0 Å². The van der Waals surface area contributed by atoms with Crippen LogP contribution in [0, 0.1) is 15.9 Å². The number of hydrogen-bond acceptors (Lipinski definition) is 3. The van der Waals surface area contributed by atoms with Gasteiger partial charge in [0, 0.05) is 11.6 Å². The summed E-state index contributed by atoms with van der Waals surface area (Å²) in [6.45, 7) is 0. The molecule has 0 amide bonds. The van der Waals surface area contributed by atoms with Crippen LogP contribution in [-0.4, -0.2) is 10.5 Å². The van der Waals surface area contributed by atoms with E-state index in [0.717, 1.165) is 38.5 Å². The molecule has 110 valence electrons. The summed E-state index contributed by atoms with van der Waals surface area (Å²) in [6, 6.07) is 4.33. The summed E-state index contributed by atoms with van der Waals surface area (Å²) in [5.74, 6) is -0.732. The number of nitrogens with zero attached hydrogens (tertiary/aromatic N) is 1. The van der Waals surface area contributed by atoms with Gasteiger partial charge in [0.1, 0.15) is 0 Å². The van der Waals surface area contributed by atoms with Crippen LogP contribution in [0.2, 0.25) is 0 Å². The molecule has 0 heterocycles. The van der Waals surface area contributed by atoms with E-state index in [1.54, 1.807) is 6.07 Å². The van der Waals surface area contributed by atoms with Crippen LogP contribution < -0.4 is 5.73 Å². The first-order valence-corrected chi connectivity index (χ1v) is 7.22. The lowest BCUT2D eigenvalue weighted by atomic mass is 9.80. The van der Waals surface area contributed by atoms with Crippen molar-refractivity contribution >= 4 is 5.69 Å². The van der Waals surface area contributed by atoms with Crippen LogP contribution in [0.15, 0.2) is 18.2 Å². The van der Waals surface area contributed by atoms with Gasteiger partial charge in [-0.1, -0.05) is 44.2 Å². The van der Waals surface area contributed by atoms with Crippen molar-refractivity contribution in [2.24, 2.45) is 5.73 Å². The van der Waals surface area contributed by atoms with E-state index >= 15 is 0 Å². The highest BCUT2D eigenvalue weighted by atomic mass is 19.1. The van der Waals surface area contributed by atoms with Gasteiger partial charge in [-0.15, -0.1) is 0 Å². The first-order chi connectivity index (χ1) is 9.52. The van der Waals surface area contributed by atoms with Gasteiger partial charge in [0.2, 0.25) is 5.82 Å². The predicted octanol–water partition coefficient (Wildman–Crippen LogP) is 3.72. The second-order valence-electron chi connectivity index (χ2n) is 5.81. The van der Waals surface area contributed by atoms with Crippen LogP contribution in [0.25, 0.3) is 0 Å². The van der Waals surface area contributed by atoms with Crippen molar-refractivity contribution in [2.75, 3.05) is 0 Å². The second-order valence-corrected chi connectivity index (χ2v) is 5.81. The molecule has 1 aliphatic rings. The van der Waals surface area contributed by atoms with Crippen LogP contribution in [0.5, 0.6) is 0 Å². The Kier molecular flexibility index (Phi) is 4.70. The molecule has 2 N–H and O–H groups in total. The minimum Gasteiger partial charge on any atom is -0.325 e. The van der Waals surface area contributed by atoms with Crippen molar-refractivity contribution in [3.63, 3.8) is 0 Å². The molecule has 1 aromatic rings. The number of benzene rings is 1. The molecule has 4 nitrogen and oxygen atoms in total. The van der Waals surface area contributed by atoms with E-state index in [1.165, 1.54) is 18.6 Å². The molecule has 0 radical (unpaired) electrons. The molecule has 1 saturated carbocycles. The molecule has 1 fully saturated rings. The SMILES string of the molecule is NC1(Cc2cccc([N+](=O)[O-])c2F)CCCCCCC1. The number of nitro benzene ring substituents is 1. The van der Waals surface area contributed by atoms with Crippen molar-refractivity contribution in [3.8, 4) is 0 Å². The summed E-state index contributed by atoms with van der Waals surface area (Å²) in [7, 11) is 0. The summed E-state index contributed by atoms with van der Waals surface area (Å²) >= 11 is 0. The van der Waals surface area contributed by atoms with Gasteiger partial charge in [0.25, 0.3) is 0 Å². The average molecular weight is 280 g/mol. The highest BCUT2D eigenvalue weighted by Crippen LogP contribution is 2.30. The first-order valence-electron chi connectivity index (χ1n) is 7.22. The Bertz CT molecular complexity index is 483. The van der Waals surface area contributed by atoms with Crippen molar-refractivity contribution in [2.45, 2.75) is 56.9 Å². The molecule has 1 aromatic carbocycles. The smallest absolute Gasteiger partial charge is 0.305 e. The summed E-state index contributed by atoms with van der Waals surface area (Å²) in [6.07, 6.45) is 7.75. The number of halogens is 1. The largest absolute Gasteiger partial charge is 0.325 e. The molecule has 0 aliphatic heterocycles. The Morgan fingerprint density at radius 1 is 1.20 bits per heavy atom. The summed E-state index contributed by atoms with van der Waals surface area (Å²) in [5, 5.41) is 10.8. The molecule has 5 heteroatoms. The van der Waals surface area contributed by atoms with Gasteiger partial charge < -0.3 is 5.73 Å². The Morgan fingerprint density at radius 3 is 2.40 bits per heavy atom. The molecule has 0 aromatic heterocycles. The molecular weight excluding hydrogens is 259 g/mol. The van der Waals surface area contributed by atoms with E-state index in [1.807, 2.05) is 0 Å². The molecule has 0 spiro atoms. The zero-order chi connectivity index (χ0) is 14.6. The topological polar surface area (TPSA) is 69.2 Å². The molecule has 0 unspecified atom stereocenters. The molecule has 0 bridgehead atoms. The van der Waals surface area contributed by atoms with Gasteiger partial charge >= 0.3 is 5.69 Å². The highest BCUT2D eigenvalue weighted by molar-refractivity contribution is 5.37. The molecular formula is C15H21FN2O2. The van der Waals surface area contributed by atoms with Gasteiger partial charge in [-0.2, -0.15) is 4.39 Å². The predicted molar refractivity (Wildman–Crippen MR) is 76.0 cm³/mol. The minimum atomic E-state index is -0.732. The van der Waals surface area contributed by atoms with Crippen molar-refractivity contribution in [3.05, 3.63) is 39.7 Å². The fraction of sp³-hybridized carbons (Fsp3) is 0.600. The third-order valence-electron chi connectivity index (χ3n) is 4.15. The third kappa shape index (κ3) is 3.54. The lowest BCUT2D eigenvalue weighted by Crippen LogP contribution is -2.42. The van der Waals surface area contributed by atoms with Gasteiger partial charge in [-0.3, -0.25) is 10.1 Å². The van der Waals surface area contributed by atoms with Crippen LogP contribution in [0.1, 0.15) is 50.5 Å². The lowest BCUT2D eigenvalue weighted by molar-refractivity contribution is -0.387. The lowest BCUT2D eigenvalue weighted by Gasteiger charge is -2.31. The fourth-order valence-corrected chi connectivity index (χ4v) is 3.01. The van der Waals surface area contributed by atoms with E-state index in [-0.39, 0.29) is 0 Å². The minimum absolute atomic E-state index is 0.363. The summed E-state index contributed by atoms with van der Waals surface area (Å²) in [4.78, 5) is 10.1. The quantitative estimate of drug-likeness (QED) is 0.677. The van der Waals surface area contributed by atoms with E-state index in [0.29, 0.717) is 12.0 Å². The number of hydrogen-bond donors (Lipinski definition) is 1. The van der Waals surface area contributed by atoms with Crippen LogP contribution in [0.4, 0.5) is 10.1 Å². The molecule has 2 rings (SSSR count). The van der Waals surface area contributed by atoms with E-state index in [9.17, 15) is 14.5 Å². The Labute approximate surface area is 118 Å². The molecule has 0 atom stereocenters. The number of nitrogens with two attached hydrogens (primary N) is 1. The van der Waals surface area contributed by atoms with E-state index in [4.69, 9.17) is 5.73 Å². The van der Waals surface area contributed by atoms with Crippen molar-refractivity contribution in [1.29, 1.82) is 0 Å². The monoisotopic (exact) mass is 280 g/mol. The van der Waals surface area contributed by atoms with Gasteiger partial charge in [0.15, 0.2) is 0 Å². The van der Waals surface area contributed by atoms with Crippen LogP contribution in [-0.2, 0) is 6.42 Å². The van der Waals surface area contributed by atoms with Gasteiger partial charge in [-0.25, -0.2) is 0 Å². The Morgan fingerprint density at radius 2 is 1.80 bits per heavy atom. The third-order valence-corrected chi connectivity index (χ3v) is 4.15. The van der Waals surface area contributed by atoms with Gasteiger partial charge in [-0.05, 0) is 24.8 Å². The zero-order valence-corrected chi connectivity index (χ0v) is 11.6. The Balaban J connectivity index is 2.19. The summed E-state index contributed by atoms with van der Waals surface area (Å²) < 4.78 is 14.1. The fourth-order valence-electron chi connectivity index (χ4n) is 3.01. The first kappa shape index (κ1) is 14.9. The molecule has 0 saturated heterocycles. The molecule has 20 heavy (non-hydrogen) atoms.